The molecular weight excluding hydrogens is 358 g/mol. The van der Waals surface area contributed by atoms with Crippen molar-refractivity contribution < 1.29 is 14.6 Å². The van der Waals surface area contributed by atoms with E-state index in [1.807, 2.05) is 34.6 Å². The van der Waals surface area contributed by atoms with Gasteiger partial charge in [0.25, 0.3) is 0 Å². The van der Waals surface area contributed by atoms with Crippen LogP contribution in [0.25, 0.3) is 11.2 Å². The molecule has 0 aliphatic carbocycles. The molecule has 1 aliphatic heterocycles. The van der Waals surface area contributed by atoms with Gasteiger partial charge in [0.05, 0.1) is 12.3 Å². The van der Waals surface area contributed by atoms with Gasteiger partial charge < -0.3 is 25.0 Å². The maximum atomic E-state index is 12.2. The van der Waals surface area contributed by atoms with E-state index >= 15 is 0 Å². The topological polar surface area (TPSA) is 103 Å². The first-order valence-electron chi connectivity index (χ1n) is 9.90. The fourth-order valence-electron chi connectivity index (χ4n) is 3.31. The third-order valence-corrected chi connectivity index (χ3v) is 4.86. The molecule has 1 atom stereocenters. The molecule has 1 unspecified atom stereocenters. The Morgan fingerprint density at radius 3 is 2.64 bits per heavy atom. The van der Waals surface area contributed by atoms with Gasteiger partial charge in [-0.05, 0) is 39.5 Å². The number of nitrogens with one attached hydrogen (secondary N) is 2. The molecule has 3 rings (SSSR count). The van der Waals surface area contributed by atoms with E-state index in [0.29, 0.717) is 30.1 Å². The summed E-state index contributed by atoms with van der Waals surface area (Å²) in [5, 5.41) is 13.8. The normalized spacial score (nSPS) is 17.2. The van der Waals surface area contributed by atoms with Crippen molar-refractivity contribution in [3.63, 3.8) is 0 Å². The monoisotopic (exact) mass is 389 g/mol. The van der Waals surface area contributed by atoms with Crippen molar-refractivity contribution >= 4 is 23.1 Å². The second-order valence-corrected chi connectivity index (χ2v) is 8.77. The lowest BCUT2D eigenvalue weighted by atomic mass is 10.0. The second kappa shape index (κ2) is 7.95. The Balaban J connectivity index is 1.63. The maximum Gasteiger partial charge on any atom is 0.410 e. The van der Waals surface area contributed by atoms with Crippen LogP contribution in [-0.4, -0.2) is 55.8 Å². The van der Waals surface area contributed by atoms with Crippen LogP contribution >= 0.6 is 0 Å². The summed E-state index contributed by atoms with van der Waals surface area (Å²) in [6, 6.07) is 0.211. The predicted octanol–water partition coefficient (Wildman–Crippen LogP) is 3.46. The molecule has 28 heavy (non-hydrogen) atoms. The smallest absolute Gasteiger partial charge is 0.410 e. The van der Waals surface area contributed by atoms with E-state index in [9.17, 15) is 9.90 Å². The number of likely N-dealkylation sites (tertiary alicyclic amines) is 1. The number of fused-ring (bicyclic) bond motifs is 1. The molecule has 1 fully saturated rings. The minimum absolute atomic E-state index is 0.0922. The molecule has 1 amide bonds. The summed E-state index contributed by atoms with van der Waals surface area (Å²) in [5.74, 6) is 0.773. The number of aliphatic hydroxyl groups excluding tert-OH is 1. The summed E-state index contributed by atoms with van der Waals surface area (Å²) >= 11 is 0. The van der Waals surface area contributed by atoms with Gasteiger partial charge in [-0.25, -0.2) is 14.8 Å². The number of amides is 1. The summed E-state index contributed by atoms with van der Waals surface area (Å²) in [6.45, 7) is 10.8. The van der Waals surface area contributed by atoms with Crippen LogP contribution in [-0.2, 0) is 4.74 Å². The van der Waals surface area contributed by atoms with Crippen LogP contribution in [0.3, 0.4) is 0 Å². The summed E-state index contributed by atoms with van der Waals surface area (Å²) in [7, 11) is 0. The average Bonchev–Trinajstić information content (AvgIpc) is 3.03. The van der Waals surface area contributed by atoms with Crippen molar-refractivity contribution in [1.82, 2.24) is 19.9 Å². The number of H-pyrrole nitrogens is 1. The van der Waals surface area contributed by atoms with Gasteiger partial charge in [0.2, 0.25) is 0 Å². The highest BCUT2D eigenvalue weighted by atomic mass is 16.6. The highest BCUT2D eigenvalue weighted by Crippen LogP contribution is 2.28. The third-order valence-electron chi connectivity index (χ3n) is 4.86. The summed E-state index contributed by atoms with van der Waals surface area (Å²) < 4.78 is 5.44. The lowest BCUT2D eigenvalue weighted by molar-refractivity contribution is 0.0210. The van der Waals surface area contributed by atoms with Crippen LogP contribution in [0.1, 0.15) is 59.1 Å². The zero-order chi connectivity index (χ0) is 20.5. The van der Waals surface area contributed by atoms with Crippen molar-refractivity contribution in [3.8, 4) is 0 Å². The Hall–Kier alpha value is -2.35. The molecule has 8 nitrogen and oxygen atoms in total. The summed E-state index contributed by atoms with van der Waals surface area (Å²) in [5.41, 5.74) is 1.64. The predicted molar refractivity (Wildman–Crippen MR) is 108 cm³/mol. The van der Waals surface area contributed by atoms with E-state index in [4.69, 9.17) is 4.74 Å². The Labute approximate surface area is 165 Å². The molecule has 0 radical (unpaired) electrons. The molecule has 1 saturated heterocycles. The lowest BCUT2D eigenvalue weighted by Gasteiger charge is -2.33. The van der Waals surface area contributed by atoms with E-state index < -0.39 is 11.7 Å². The SMILES string of the molecule is CC(C)C(O)c1c[nH]c2ncc(NC3CCN(C(=O)OC(C)(C)C)CC3)nc12. The van der Waals surface area contributed by atoms with Crippen LogP contribution in [0.5, 0.6) is 0 Å². The number of ether oxygens (including phenoxy) is 1. The molecule has 1 aliphatic rings. The van der Waals surface area contributed by atoms with Crippen LogP contribution in [0.4, 0.5) is 10.6 Å². The number of aromatic amines is 1. The van der Waals surface area contributed by atoms with E-state index in [1.54, 1.807) is 17.3 Å². The number of aromatic nitrogens is 3. The lowest BCUT2D eigenvalue weighted by Crippen LogP contribution is -2.44. The molecule has 3 heterocycles. The Kier molecular flexibility index (Phi) is 5.79. The number of carbonyl (C=O) groups is 1. The molecule has 0 spiro atoms. The van der Waals surface area contributed by atoms with Gasteiger partial charge in [0.15, 0.2) is 5.65 Å². The van der Waals surface area contributed by atoms with E-state index in [-0.39, 0.29) is 18.1 Å². The first kappa shape index (κ1) is 20.4. The minimum atomic E-state index is -0.588. The molecular formula is C20H31N5O3. The molecule has 154 valence electrons. The number of rotatable bonds is 4. The molecule has 2 aromatic heterocycles. The van der Waals surface area contributed by atoms with Crippen molar-refractivity contribution in [2.24, 2.45) is 5.92 Å². The quantitative estimate of drug-likeness (QED) is 0.740. The largest absolute Gasteiger partial charge is 0.444 e. The third kappa shape index (κ3) is 4.73. The van der Waals surface area contributed by atoms with E-state index in [1.165, 1.54) is 0 Å². The van der Waals surface area contributed by atoms with Gasteiger partial charge in [-0.1, -0.05) is 13.8 Å². The Bertz CT molecular complexity index is 819. The number of piperidine rings is 1. The minimum Gasteiger partial charge on any atom is -0.444 e. The Morgan fingerprint density at radius 2 is 2.04 bits per heavy atom. The van der Waals surface area contributed by atoms with Gasteiger partial charge in [-0.3, -0.25) is 0 Å². The summed E-state index contributed by atoms with van der Waals surface area (Å²) in [6.07, 6.45) is 4.26. The molecule has 0 aromatic carbocycles. The summed E-state index contributed by atoms with van der Waals surface area (Å²) in [4.78, 5) is 26.1. The number of aliphatic hydroxyl groups is 1. The number of hydrogen-bond donors (Lipinski definition) is 3. The second-order valence-electron chi connectivity index (χ2n) is 8.77. The molecule has 3 N–H and O–H groups in total. The standard InChI is InChI=1S/C20H31N5O3/c1-12(2)17(26)14-10-21-18-16(14)24-15(11-22-18)23-13-6-8-25(9-7-13)19(27)28-20(3,4)5/h10-13,17,26H,6-9H2,1-5H3,(H,21,22)(H,23,24). The number of hydrogen-bond acceptors (Lipinski definition) is 6. The zero-order valence-electron chi connectivity index (χ0n) is 17.3. The van der Waals surface area contributed by atoms with Crippen molar-refractivity contribution in [3.05, 3.63) is 18.0 Å². The van der Waals surface area contributed by atoms with Gasteiger partial charge in [-0.2, -0.15) is 0 Å². The van der Waals surface area contributed by atoms with E-state index in [2.05, 4.69) is 20.3 Å². The maximum absolute atomic E-state index is 12.2. The average molecular weight is 390 g/mol. The van der Waals surface area contributed by atoms with Crippen molar-refractivity contribution in [2.75, 3.05) is 18.4 Å². The zero-order valence-corrected chi connectivity index (χ0v) is 17.3. The van der Waals surface area contributed by atoms with Crippen LogP contribution in [0.15, 0.2) is 12.4 Å². The molecule has 0 bridgehead atoms. The molecule has 0 saturated carbocycles. The number of nitrogens with zero attached hydrogens (tertiary/aromatic N) is 3. The molecule has 2 aromatic rings. The molecule has 8 heteroatoms. The van der Waals surface area contributed by atoms with Crippen molar-refractivity contribution in [2.45, 2.75) is 65.2 Å². The number of carbonyl (C=O) groups excluding carboxylic acids is 1. The van der Waals surface area contributed by atoms with Crippen molar-refractivity contribution in [1.29, 1.82) is 0 Å². The highest BCUT2D eigenvalue weighted by molar-refractivity contribution is 5.77. The van der Waals surface area contributed by atoms with Gasteiger partial charge >= 0.3 is 6.09 Å². The highest BCUT2D eigenvalue weighted by Gasteiger charge is 2.27. The van der Waals surface area contributed by atoms with Crippen LogP contribution in [0.2, 0.25) is 0 Å². The van der Waals surface area contributed by atoms with Gasteiger partial charge in [0, 0.05) is 30.9 Å². The van der Waals surface area contributed by atoms with Crippen LogP contribution < -0.4 is 5.32 Å². The van der Waals surface area contributed by atoms with E-state index in [0.717, 1.165) is 18.4 Å². The first-order chi connectivity index (χ1) is 13.1. The van der Waals surface area contributed by atoms with Gasteiger partial charge in [0.1, 0.15) is 16.9 Å². The Morgan fingerprint density at radius 1 is 1.36 bits per heavy atom. The fourth-order valence-corrected chi connectivity index (χ4v) is 3.31. The van der Waals surface area contributed by atoms with Gasteiger partial charge in [-0.15, -0.1) is 0 Å². The fraction of sp³-hybridized carbons (Fsp3) is 0.650. The first-order valence-corrected chi connectivity index (χ1v) is 9.90. The van der Waals surface area contributed by atoms with Crippen LogP contribution in [0, 0.1) is 5.92 Å². The number of anilines is 1.